The highest BCUT2D eigenvalue weighted by Gasteiger charge is 2.51. The van der Waals surface area contributed by atoms with Crippen molar-refractivity contribution in [3.63, 3.8) is 0 Å². The van der Waals surface area contributed by atoms with E-state index < -0.39 is 60.0 Å². The fraction of sp³-hybridized carbons (Fsp3) is 0.574. The molecule has 1 aliphatic carbocycles. The average molecular weight is 1080 g/mol. The van der Waals surface area contributed by atoms with Gasteiger partial charge in [0.1, 0.15) is 37.9 Å². The molecule has 2 atom stereocenters. The summed E-state index contributed by atoms with van der Waals surface area (Å²) in [5.74, 6) is -2.23. The number of amides is 5. The van der Waals surface area contributed by atoms with Crippen LogP contribution < -0.4 is 26.8 Å². The molecule has 24 nitrogen and oxygen atoms in total. The second kappa shape index (κ2) is 24.6. The number of rotatable bonds is 24. The van der Waals surface area contributed by atoms with E-state index >= 15 is 0 Å². The summed E-state index contributed by atoms with van der Waals surface area (Å²) >= 11 is 0. The van der Waals surface area contributed by atoms with Crippen LogP contribution in [0.4, 0.5) is 4.79 Å². The third-order valence-electron chi connectivity index (χ3n) is 15.1. The number of hydrogen-bond acceptors (Lipinski definition) is 18. The van der Waals surface area contributed by atoms with Gasteiger partial charge in [0.25, 0.3) is 5.56 Å². The SMILES string of the molecule is CCc1c2c(nc3ccc(O)cc13)-c1cc3c(c(=O)n1C2)COC(=O)C3(CC)OC(=O)OCC(NC(=O)COCC(=O)NCNCOC(C)(C)CCn1cc(CNC(=O)C2CCC(CN3C(=O)CCC3=O)CC2)nn1)C(C)C. The topological polar surface area (TPSA) is 303 Å². The minimum Gasteiger partial charge on any atom is -0.508 e. The maximum atomic E-state index is 14.1. The number of esters is 1. The molecule has 1 aromatic carbocycles. The van der Waals surface area contributed by atoms with Gasteiger partial charge < -0.3 is 49.3 Å². The van der Waals surface area contributed by atoms with Gasteiger partial charge in [-0.25, -0.2) is 14.6 Å². The van der Waals surface area contributed by atoms with Gasteiger partial charge in [-0.15, -0.1) is 5.10 Å². The molecule has 5 N–H and O–H groups in total. The van der Waals surface area contributed by atoms with Gasteiger partial charge in [-0.05, 0) is 100 Å². The smallest absolute Gasteiger partial charge is 0.508 e. The molecule has 1 saturated heterocycles. The highest BCUT2D eigenvalue weighted by atomic mass is 16.7. The van der Waals surface area contributed by atoms with Crippen molar-refractivity contribution in [1.29, 1.82) is 0 Å². The van der Waals surface area contributed by atoms with Crippen molar-refractivity contribution in [3.05, 3.63) is 68.8 Å². The molecule has 0 spiro atoms. The number of aryl methyl sites for hydroxylation is 2. The summed E-state index contributed by atoms with van der Waals surface area (Å²) in [6.07, 6.45) is 5.20. The number of imide groups is 1. The molecule has 24 heteroatoms. The first-order valence-corrected chi connectivity index (χ1v) is 26.7. The number of fused-ring (bicyclic) bond motifs is 5. The lowest BCUT2D eigenvalue weighted by atomic mass is 9.81. The third-order valence-corrected chi connectivity index (χ3v) is 15.1. The van der Waals surface area contributed by atoms with Gasteiger partial charge in [-0.3, -0.25) is 43.7 Å². The van der Waals surface area contributed by atoms with Gasteiger partial charge >= 0.3 is 12.1 Å². The van der Waals surface area contributed by atoms with Crippen LogP contribution in [-0.4, -0.2) is 128 Å². The molecule has 2 fully saturated rings. The van der Waals surface area contributed by atoms with Crippen LogP contribution in [0.2, 0.25) is 0 Å². The molecular weight excluding hydrogens is 1010 g/mol. The average Bonchev–Trinajstić information content (AvgIpc) is 4.25. The fourth-order valence-corrected chi connectivity index (χ4v) is 10.4. The van der Waals surface area contributed by atoms with Crippen LogP contribution in [0.25, 0.3) is 22.3 Å². The van der Waals surface area contributed by atoms with Crippen LogP contribution in [0.3, 0.4) is 0 Å². The monoisotopic (exact) mass is 1080 g/mol. The minimum absolute atomic E-state index is 0.0428. The summed E-state index contributed by atoms with van der Waals surface area (Å²) < 4.78 is 31.3. The zero-order valence-corrected chi connectivity index (χ0v) is 45.1. The molecule has 0 bridgehead atoms. The Bertz CT molecular complexity index is 2980. The van der Waals surface area contributed by atoms with E-state index in [1.807, 2.05) is 20.8 Å². The van der Waals surface area contributed by atoms with E-state index in [1.165, 1.54) is 11.0 Å². The first-order chi connectivity index (χ1) is 37.3. The molecule has 1 saturated carbocycles. The van der Waals surface area contributed by atoms with Gasteiger partial charge in [0.2, 0.25) is 35.1 Å². The number of cyclic esters (lactones) is 1. The predicted octanol–water partition coefficient (Wildman–Crippen LogP) is 3.34. The summed E-state index contributed by atoms with van der Waals surface area (Å²) in [6.45, 7) is 11.1. The van der Waals surface area contributed by atoms with Crippen LogP contribution >= 0.6 is 0 Å². The second-order valence-electron chi connectivity index (χ2n) is 21.2. The summed E-state index contributed by atoms with van der Waals surface area (Å²) in [6, 6.07) is 5.83. The van der Waals surface area contributed by atoms with Crippen molar-refractivity contribution in [3.8, 4) is 17.1 Å². The molecule has 4 aliphatic rings. The number of phenols is 1. The Morgan fingerprint density at radius 3 is 2.42 bits per heavy atom. The third kappa shape index (κ3) is 13.0. The van der Waals surface area contributed by atoms with Gasteiger partial charge in [0, 0.05) is 48.4 Å². The number of nitrogens with one attached hydrogen (secondary N) is 4. The van der Waals surface area contributed by atoms with Crippen LogP contribution in [-0.2, 0) is 90.7 Å². The summed E-state index contributed by atoms with van der Waals surface area (Å²) in [7, 11) is 0. The van der Waals surface area contributed by atoms with E-state index in [-0.39, 0.29) is 111 Å². The van der Waals surface area contributed by atoms with Crippen molar-refractivity contribution in [2.75, 3.05) is 39.8 Å². The highest BCUT2D eigenvalue weighted by Crippen LogP contribution is 2.43. The lowest BCUT2D eigenvalue weighted by Gasteiger charge is -2.35. The van der Waals surface area contributed by atoms with E-state index in [1.54, 1.807) is 54.4 Å². The van der Waals surface area contributed by atoms with E-state index in [9.17, 15) is 43.5 Å². The first-order valence-electron chi connectivity index (χ1n) is 26.7. The standard InChI is InChI=1S/C54H70N10O14/c1-7-36-37-19-35(65)13-14-41(37)59-48-38(36)24-63-43(48)20-40-39(50(63)71)25-75-51(72)54(40,8-2)78-52(73)76-26-42(31(3)4)58-45(67)28-74-27-44(66)57-29-55-30-77-53(5,6)17-18-62-23-34(60-61-62)21-56-49(70)33-11-9-32(10-12-33)22-64-46(68)15-16-47(64)69/h13-14,19-20,23,31-33,42,55,65H,7-12,15-18,21-22,24-30H2,1-6H3,(H,56,70)(H,57,66)(H,58,67). The van der Waals surface area contributed by atoms with Crippen LogP contribution in [0.5, 0.6) is 5.75 Å². The van der Waals surface area contributed by atoms with E-state index in [4.69, 9.17) is 28.7 Å². The lowest BCUT2D eigenvalue weighted by molar-refractivity contribution is -0.175. The Morgan fingerprint density at radius 2 is 1.71 bits per heavy atom. The van der Waals surface area contributed by atoms with Crippen molar-refractivity contribution >= 4 is 52.6 Å². The fourth-order valence-electron chi connectivity index (χ4n) is 10.4. The molecule has 4 aromatic rings. The lowest BCUT2D eigenvalue weighted by Crippen LogP contribution is -2.48. The molecule has 420 valence electrons. The number of carbonyl (C=O) groups is 7. The van der Waals surface area contributed by atoms with Crippen LogP contribution in [0, 0.1) is 17.8 Å². The Balaban J connectivity index is 0.715. The predicted molar refractivity (Wildman–Crippen MR) is 277 cm³/mol. The van der Waals surface area contributed by atoms with Gasteiger partial charge in [-0.2, -0.15) is 0 Å². The highest BCUT2D eigenvalue weighted by molar-refractivity contribution is 6.02. The molecule has 8 rings (SSSR count). The molecule has 78 heavy (non-hydrogen) atoms. The summed E-state index contributed by atoms with van der Waals surface area (Å²) in [5, 5.41) is 30.7. The zero-order chi connectivity index (χ0) is 55.9. The summed E-state index contributed by atoms with van der Waals surface area (Å²) in [5.41, 5.74) is 1.29. The normalized spacial score (nSPS) is 19.3. The molecular formula is C54H70N10O14. The minimum atomic E-state index is -2.02. The Hall–Kier alpha value is -7.31. The Labute approximate surface area is 450 Å². The maximum Gasteiger partial charge on any atom is 0.509 e. The number of hydrogen-bond donors (Lipinski definition) is 5. The number of phenolic OH excluding ortho intramolecular Hbond substituents is 1. The Morgan fingerprint density at radius 1 is 0.962 bits per heavy atom. The number of benzene rings is 1. The van der Waals surface area contributed by atoms with Crippen LogP contribution in [0.1, 0.15) is 121 Å². The number of aromatic hydroxyl groups is 1. The van der Waals surface area contributed by atoms with Crippen molar-refractivity contribution < 1.29 is 62.4 Å². The molecule has 3 aromatic heterocycles. The summed E-state index contributed by atoms with van der Waals surface area (Å²) in [4.78, 5) is 110. The van der Waals surface area contributed by atoms with Gasteiger partial charge in [0.05, 0.1) is 66.8 Å². The van der Waals surface area contributed by atoms with Gasteiger partial charge in [-0.1, -0.05) is 32.9 Å². The largest absolute Gasteiger partial charge is 0.509 e. The van der Waals surface area contributed by atoms with Crippen molar-refractivity contribution in [1.82, 2.24) is 50.7 Å². The van der Waals surface area contributed by atoms with Crippen molar-refractivity contribution in [2.24, 2.45) is 17.8 Å². The number of carbonyl (C=O) groups excluding carboxylic acids is 7. The molecule has 6 heterocycles. The first kappa shape index (κ1) is 56.9. The Kier molecular flexibility index (Phi) is 17.9. The quantitative estimate of drug-likeness (QED) is 0.0256. The van der Waals surface area contributed by atoms with E-state index in [0.29, 0.717) is 61.4 Å². The number of ether oxygens (including phenoxy) is 5. The molecule has 3 aliphatic heterocycles. The molecule has 2 unspecified atom stereocenters. The second-order valence-corrected chi connectivity index (χ2v) is 21.2. The molecule has 0 radical (unpaired) electrons. The number of nitrogens with zero attached hydrogens (tertiary/aromatic N) is 6. The molecule has 5 amide bonds. The van der Waals surface area contributed by atoms with Gasteiger partial charge in [0.15, 0.2) is 0 Å². The van der Waals surface area contributed by atoms with Crippen molar-refractivity contribution in [2.45, 2.75) is 143 Å². The number of aromatic nitrogens is 5. The number of likely N-dealkylation sites (tertiary alicyclic amines) is 1. The number of pyridine rings is 2. The van der Waals surface area contributed by atoms with E-state index in [2.05, 4.69) is 31.6 Å². The van der Waals surface area contributed by atoms with Crippen LogP contribution in [0.15, 0.2) is 35.3 Å². The maximum absolute atomic E-state index is 14.1. The zero-order valence-electron chi connectivity index (χ0n) is 45.1. The van der Waals surface area contributed by atoms with E-state index in [0.717, 1.165) is 29.4 Å².